The number of nitrogens with zero attached hydrogens (tertiary/aromatic N) is 1. The average molecular weight is 339 g/mol. The molecule has 4 nitrogen and oxygen atoms in total. The fourth-order valence-electron chi connectivity index (χ4n) is 2.59. The van der Waals surface area contributed by atoms with E-state index in [0.29, 0.717) is 24.6 Å². The lowest BCUT2D eigenvalue weighted by molar-refractivity contribution is -0.126. The molecule has 0 aliphatic rings. The zero-order valence-corrected chi connectivity index (χ0v) is 15.3. The molecule has 0 atom stereocenters. The normalized spacial score (nSPS) is 10.7. The number of benzene rings is 2. The molecule has 132 valence electrons. The van der Waals surface area contributed by atoms with Crippen LogP contribution < -0.4 is 9.47 Å². The highest BCUT2D eigenvalue weighted by Crippen LogP contribution is 2.28. The van der Waals surface area contributed by atoms with Crippen molar-refractivity contribution in [2.24, 2.45) is 0 Å². The minimum absolute atomic E-state index is 0.0150. The maximum Gasteiger partial charge on any atom is 0.246 e. The second-order valence-corrected chi connectivity index (χ2v) is 5.79. The smallest absolute Gasteiger partial charge is 0.246 e. The first-order chi connectivity index (χ1) is 12.1. The zero-order chi connectivity index (χ0) is 18.2. The second-order valence-electron chi connectivity index (χ2n) is 5.79. The molecule has 1 amide bonds. The number of amides is 1. The van der Waals surface area contributed by atoms with Crippen molar-refractivity contribution in [1.82, 2.24) is 4.90 Å². The Morgan fingerprint density at radius 3 is 2.48 bits per heavy atom. The number of likely N-dealkylation sites (N-methyl/N-ethyl adjacent to an activating group) is 1. The molecule has 4 heteroatoms. The number of methoxy groups -OCH3 is 2. The Kier molecular flexibility index (Phi) is 6.63. The number of carbonyl (C=O) groups excluding carboxylic acids is 1. The van der Waals surface area contributed by atoms with E-state index in [1.54, 1.807) is 25.2 Å². The zero-order valence-electron chi connectivity index (χ0n) is 15.3. The quantitative estimate of drug-likeness (QED) is 0.714. The van der Waals surface area contributed by atoms with Crippen LogP contribution in [0.4, 0.5) is 0 Å². The third-order valence-corrected chi connectivity index (χ3v) is 3.98. The van der Waals surface area contributed by atoms with Gasteiger partial charge in [0.2, 0.25) is 5.91 Å². The molecule has 25 heavy (non-hydrogen) atoms. The van der Waals surface area contributed by atoms with Gasteiger partial charge in [0.1, 0.15) is 0 Å². The number of rotatable bonds is 7. The third-order valence-electron chi connectivity index (χ3n) is 3.98. The summed E-state index contributed by atoms with van der Waals surface area (Å²) in [6.07, 6.45) is 3.48. The first-order valence-electron chi connectivity index (χ1n) is 8.32. The molecule has 0 saturated carbocycles. The van der Waals surface area contributed by atoms with Crippen molar-refractivity contribution in [2.45, 2.75) is 20.4 Å². The molecule has 0 spiro atoms. The van der Waals surface area contributed by atoms with E-state index >= 15 is 0 Å². The van der Waals surface area contributed by atoms with E-state index in [1.807, 2.05) is 56.3 Å². The monoisotopic (exact) mass is 339 g/mol. The van der Waals surface area contributed by atoms with Gasteiger partial charge in [-0.05, 0) is 43.2 Å². The SMILES string of the molecule is CCN(Cc1ccc(OC)c(OC)c1)C(=O)/C=C/c1cccc(C)c1. The molecular weight excluding hydrogens is 314 g/mol. The van der Waals surface area contributed by atoms with Gasteiger partial charge in [-0.15, -0.1) is 0 Å². The third kappa shape index (κ3) is 5.11. The van der Waals surface area contributed by atoms with Crippen LogP contribution in [-0.2, 0) is 11.3 Å². The van der Waals surface area contributed by atoms with Crippen molar-refractivity contribution in [2.75, 3.05) is 20.8 Å². The molecule has 0 radical (unpaired) electrons. The van der Waals surface area contributed by atoms with Crippen LogP contribution in [0.25, 0.3) is 6.08 Å². The van der Waals surface area contributed by atoms with Gasteiger partial charge in [0, 0.05) is 19.2 Å². The van der Waals surface area contributed by atoms with Gasteiger partial charge >= 0.3 is 0 Å². The molecular formula is C21H25NO3. The van der Waals surface area contributed by atoms with Gasteiger partial charge in [0.25, 0.3) is 0 Å². The maximum absolute atomic E-state index is 12.5. The Labute approximate surface area is 149 Å². The lowest BCUT2D eigenvalue weighted by Gasteiger charge is -2.20. The minimum atomic E-state index is -0.0150. The van der Waals surface area contributed by atoms with E-state index in [1.165, 1.54) is 5.56 Å². The molecule has 0 bridgehead atoms. The minimum Gasteiger partial charge on any atom is -0.493 e. The van der Waals surface area contributed by atoms with E-state index in [0.717, 1.165) is 11.1 Å². The highest BCUT2D eigenvalue weighted by molar-refractivity contribution is 5.91. The molecule has 2 aromatic rings. The summed E-state index contributed by atoms with van der Waals surface area (Å²) in [5.41, 5.74) is 3.19. The summed E-state index contributed by atoms with van der Waals surface area (Å²) < 4.78 is 10.6. The predicted octanol–water partition coefficient (Wildman–Crippen LogP) is 4.07. The van der Waals surface area contributed by atoms with Gasteiger partial charge in [0.15, 0.2) is 11.5 Å². The van der Waals surface area contributed by atoms with Crippen LogP contribution in [0.3, 0.4) is 0 Å². The van der Waals surface area contributed by atoms with Crippen LogP contribution in [-0.4, -0.2) is 31.6 Å². The standard InChI is InChI=1S/C21H25NO3/c1-5-22(15-18-9-11-19(24-3)20(14-18)25-4)21(23)12-10-17-8-6-7-16(2)13-17/h6-14H,5,15H2,1-4H3/b12-10+. The van der Waals surface area contributed by atoms with E-state index in [-0.39, 0.29) is 5.91 Å². The lowest BCUT2D eigenvalue weighted by Crippen LogP contribution is -2.28. The summed E-state index contributed by atoms with van der Waals surface area (Å²) in [6, 6.07) is 13.8. The summed E-state index contributed by atoms with van der Waals surface area (Å²) in [5, 5.41) is 0. The number of hydrogen-bond donors (Lipinski definition) is 0. The van der Waals surface area contributed by atoms with Crippen LogP contribution in [0, 0.1) is 6.92 Å². The number of ether oxygens (including phenoxy) is 2. The molecule has 2 rings (SSSR count). The van der Waals surface area contributed by atoms with Crippen molar-refractivity contribution in [3.63, 3.8) is 0 Å². The van der Waals surface area contributed by atoms with Gasteiger partial charge in [0.05, 0.1) is 14.2 Å². The predicted molar refractivity (Wildman–Crippen MR) is 101 cm³/mol. The summed E-state index contributed by atoms with van der Waals surface area (Å²) in [7, 11) is 3.21. The van der Waals surface area contributed by atoms with Crippen LogP contribution in [0.15, 0.2) is 48.5 Å². The van der Waals surface area contributed by atoms with Crippen molar-refractivity contribution < 1.29 is 14.3 Å². The highest BCUT2D eigenvalue weighted by atomic mass is 16.5. The molecule has 0 heterocycles. The number of hydrogen-bond acceptors (Lipinski definition) is 3. The summed E-state index contributed by atoms with van der Waals surface area (Å²) in [6.45, 7) is 5.16. The van der Waals surface area contributed by atoms with Gasteiger partial charge in [-0.3, -0.25) is 4.79 Å². The Balaban J connectivity index is 2.10. The van der Waals surface area contributed by atoms with Crippen LogP contribution in [0.5, 0.6) is 11.5 Å². The molecule has 0 saturated heterocycles. The Hall–Kier alpha value is -2.75. The summed E-state index contributed by atoms with van der Waals surface area (Å²) >= 11 is 0. The van der Waals surface area contributed by atoms with Crippen LogP contribution >= 0.6 is 0 Å². The lowest BCUT2D eigenvalue weighted by atomic mass is 10.1. The van der Waals surface area contributed by atoms with Crippen LogP contribution in [0.2, 0.25) is 0 Å². The van der Waals surface area contributed by atoms with Crippen molar-refractivity contribution in [3.05, 3.63) is 65.2 Å². The molecule has 0 unspecified atom stereocenters. The molecule has 0 aromatic heterocycles. The Bertz CT molecular complexity index is 753. The van der Waals surface area contributed by atoms with Gasteiger partial charge in [-0.2, -0.15) is 0 Å². The van der Waals surface area contributed by atoms with Gasteiger partial charge in [-0.1, -0.05) is 35.9 Å². The van der Waals surface area contributed by atoms with Crippen LogP contribution in [0.1, 0.15) is 23.6 Å². The molecule has 0 aliphatic heterocycles. The van der Waals surface area contributed by atoms with Gasteiger partial charge in [-0.25, -0.2) is 0 Å². The summed E-state index contributed by atoms with van der Waals surface area (Å²) in [4.78, 5) is 14.3. The highest BCUT2D eigenvalue weighted by Gasteiger charge is 2.11. The largest absolute Gasteiger partial charge is 0.493 e. The molecule has 0 aliphatic carbocycles. The molecule has 0 fully saturated rings. The molecule has 0 N–H and O–H groups in total. The second kappa shape index (κ2) is 8.92. The van der Waals surface area contributed by atoms with E-state index in [9.17, 15) is 4.79 Å². The fraction of sp³-hybridized carbons (Fsp3) is 0.286. The number of carbonyl (C=O) groups is 1. The maximum atomic E-state index is 12.5. The topological polar surface area (TPSA) is 38.8 Å². The Morgan fingerprint density at radius 1 is 1.08 bits per heavy atom. The van der Waals surface area contributed by atoms with E-state index < -0.39 is 0 Å². The average Bonchev–Trinajstić information content (AvgIpc) is 2.64. The van der Waals surface area contributed by atoms with Crippen molar-refractivity contribution in [3.8, 4) is 11.5 Å². The first kappa shape index (κ1) is 18.6. The van der Waals surface area contributed by atoms with Gasteiger partial charge < -0.3 is 14.4 Å². The van der Waals surface area contributed by atoms with Crippen molar-refractivity contribution >= 4 is 12.0 Å². The first-order valence-corrected chi connectivity index (χ1v) is 8.32. The van der Waals surface area contributed by atoms with Crippen molar-refractivity contribution in [1.29, 1.82) is 0 Å². The molecule has 2 aromatic carbocycles. The summed E-state index contributed by atoms with van der Waals surface area (Å²) in [5.74, 6) is 1.33. The number of aryl methyl sites for hydroxylation is 1. The van der Waals surface area contributed by atoms with E-state index in [2.05, 4.69) is 6.07 Å². The fourth-order valence-corrected chi connectivity index (χ4v) is 2.59. The Morgan fingerprint density at radius 2 is 1.84 bits per heavy atom. The van der Waals surface area contributed by atoms with E-state index in [4.69, 9.17) is 9.47 Å².